The Labute approximate surface area is 97.2 Å². The first kappa shape index (κ1) is 8.43. The highest BCUT2D eigenvalue weighted by atomic mass is 35.5. The Morgan fingerprint density at radius 1 is 0.938 bits per heavy atom. The summed E-state index contributed by atoms with van der Waals surface area (Å²) in [5.41, 5.74) is 2.48. The van der Waals surface area contributed by atoms with Crippen LogP contribution in [0.3, 0.4) is 0 Å². The summed E-state index contributed by atoms with van der Waals surface area (Å²) in [5, 5.41) is 4.64. The molecule has 2 aromatic heterocycles. The van der Waals surface area contributed by atoms with E-state index in [2.05, 4.69) is 40.9 Å². The van der Waals surface area contributed by atoms with Gasteiger partial charge in [0.1, 0.15) is 0 Å². The van der Waals surface area contributed by atoms with E-state index in [9.17, 15) is 0 Å². The third-order valence-electron chi connectivity index (χ3n) is 3.22. The van der Waals surface area contributed by atoms with E-state index in [1.54, 1.807) is 0 Å². The largest absolute Gasteiger partial charge is 0.315 e. The summed E-state index contributed by atoms with van der Waals surface area (Å²) in [4.78, 5) is 0. The van der Waals surface area contributed by atoms with E-state index in [-0.39, 0.29) is 0 Å². The zero-order chi connectivity index (χ0) is 10.7. The molecule has 2 heteroatoms. The van der Waals surface area contributed by atoms with Gasteiger partial charge in [-0.15, -0.1) is 0 Å². The molecule has 2 aromatic carbocycles. The quantitative estimate of drug-likeness (QED) is 0.419. The van der Waals surface area contributed by atoms with Crippen molar-refractivity contribution in [1.82, 2.24) is 4.40 Å². The topological polar surface area (TPSA) is 4.41 Å². The molecule has 0 aliphatic rings. The Morgan fingerprint density at radius 2 is 1.88 bits per heavy atom. The normalized spacial score (nSPS) is 12.1. The predicted molar refractivity (Wildman–Crippen MR) is 68.6 cm³/mol. The SMILES string of the molecule is Clc1ccc2c3cccc4ccn(c2c1)c43. The average Bonchev–Trinajstić information content (AvgIpc) is 2.84. The highest BCUT2D eigenvalue weighted by Crippen LogP contribution is 2.33. The molecule has 0 spiro atoms. The minimum Gasteiger partial charge on any atom is -0.315 e. The van der Waals surface area contributed by atoms with Gasteiger partial charge in [0.25, 0.3) is 0 Å². The lowest BCUT2D eigenvalue weighted by Gasteiger charge is -1.93. The van der Waals surface area contributed by atoms with Crippen LogP contribution >= 0.6 is 11.6 Å². The Hall–Kier alpha value is -1.73. The zero-order valence-electron chi connectivity index (χ0n) is 8.44. The fourth-order valence-corrected chi connectivity index (χ4v) is 2.71. The first-order valence-electron chi connectivity index (χ1n) is 5.25. The number of aromatic nitrogens is 1. The summed E-state index contributed by atoms with van der Waals surface area (Å²) in [7, 11) is 0. The maximum Gasteiger partial charge on any atom is 0.0607 e. The van der Waals surface area contributed by atoms with E-state index >= 15 is 0 Å². The second-order valence-corrected chi connectivity index (χ2v) is 4.53. The molecule has 0 aliphatic heterocycles. The molecule has 0 aliphatic carbocycles. The Kier molecular flexibility index (Phi) is 1.41. The fraction of sp³-hybridized carbons (Fsp3) is 0. The van der Waals surface area contributed by atoms with E-state index in [1.165, 1.54) is 27.2 Å². The minimum absolute atomic E-state index is 0.786. The van der Waals surface area contributed by atoms with Crippen molar-refractivity contribution < 1.29 is 0 Å². The van der Waals surface area contributed by atoms with Crippen LogP contribution in [0.5, 0.6) is 0 Å². The molecule has 2 heterocycles. The summed E-state index contributed by atoms with van der Waals surface area (Å²) >= 11 is 6.05. The van der Waals surface area contributed by atoms with Crippen LogP contribution in [0.25, 0.3) is 27.2 Å². The van der Waals surface area contributed by atoms with Crippen LogP contribution in [0.4, 0.5) is 0 Å². The lowest BCUT2D eigenvalue weighted by molar-refractivity contribution is 1.30. The van der Waals surface area contributed by atoms with Crippen molar-refractivity contribution in [3.63, 3.8) is 0 Å². The molecule has 1 nitrogen and oxygen atoms in total. The number of para-hydroxylation sites is 1. The lowest BCUT2D eigenvalue weighted by atomic mass is 10.1. The molecule has 0 bridgehead atoms. The van der Waals surface area contributed by atoms with Gasteiger partial charge in [-0.1, -0.05) is 35.9 Å². The van der Waals surface area contributed by atoms with Crippen molar-refractivity contribution in [2.24, 2.45) is 0 Å². The van der Waals surface area contributed by atoms with Crippen LogP contribution in [-0.2, 0) is 0 Å². The monoisotopic (exact) mass is 225 g/mol. The molecule has 0 saturated carbocycles. The Bertz CT molecular complexity index is 808. The highest BCUT2D eigenvalue weighted by Gasteiger charge is 2.10. The fourth-order valence-electron chi connectivity index (χ4n) is 2.54. The molecule has 4 aromatic rings. The van der Waals surface area contributed by atoms with Gasteiger partial charge in [0.05, 0.1) is 11.0 Å². The summed E-state index contributed by atoms with van der Waals surface area (Å²) in [6.07, 6.45) is 2.11. The Balaban J connectivity index is 2.46. The first-order chi connectivity index (χ1) is 7.84. The molecule has 0 N–H and O–H groups in total. The van der Waals surface area contributed by atoms with Gasteiger partial charge in [0.15, 0.2) is 0 Å². The molecular formula is C14H8ClN. The maximum absolute atomic E-state index is 6.05. The van der Waals surface area contributed by atoms with E-state index in [4.69, 9.17) is 11.6 Å². The molecule has 0 amide bonds. The Morgan fingerprint density at radius 3 is 2.81 bits per heavy atom. The van der Waals surface area contributed by atoms with Crippen LogP contribution in [0.1, 0.15) is 0 Å². The molecule has 0 saturated heterocycles. The molecule has 0 unspecified atom stereocenters. The van der Waals surface area contributed by atoms with Gasteiger partial charge < -0.3 is 4.40 Å². The number of hydrogen-bond donors (Lipinski definition) is 0. The molecule has 0 fully saturated rings. The number of hydrogen-bond acceptors (Lipinski definition) is 0. The standard InChI is InChI=1S/C14H8ClN/c15-10-4-5-11-12-3-1-2-9-6-7-16(14(9)12)13(11)8-10/h1-8H. The van der Waals surface area contributed by atoms with E-state index in [0.29, 0.717) is 0 Å². The molecule has 0 radical (unpaired) electrons. The van der Waals surface area contributed by atoms with Gasteiger partial charge in [-0.05, 0) is 18.2 Å². The van der Waals surface area contributed by atoms with Gasteiger partial charge >= 0.3 is 0 Å². The molecule has 4 rings (SSSR count). The van der Waals surface area contributed by atoms with Crippen molar-refractivity contribution in [2.75, 3.05) is 0 Å². The zero-order valence-corrected chi connectivity index (χ0v) is 9.20. The van der Waals surface area contributed by atoms with E-state index < -0.39 is 0 Å². The first-order valence-corrected chi connectivity index (χ1v) is 5.63. The van der Waals surface area contributed by atoms with Crippen LogP contribution in [-0.4, -0.2) is 4.40 Å². The summed E-state index contributed by atoms with van der Waals surface area (Å²) in [6, 6.07) is 14.6. The van der Waals surface area contributed by atoms with Gasteiger partial charge in [0, 0.05) is 27.4 Å². The number of halogens is 1. The second-order valence-electron chi connectivity index (χ2n) is 4.09. The third-order valence-corrected chi connectivity index (χ3v) is 3.46. The van der Waals surface area contributed by atoms with Gasteiger partial charge in [-0.3, -0.25) is 0 Å². The average molecular weight is 226 g/mol. The number of rotatable bonds is 0. The van der Waals surface area contributed by atoms with Crippen molar-refractivity contribution in [1.29, 1.82) is 0 Å². The van der Waals surface area contributed by atoms with Crippen molar-refractivity contribution in [3.8, 4) is 0 Å². The van der Waals surface area contributed by atoms with Crippen LogP contribution < -0.4 is 0 Å². The summed E-state index contributed by atoms with van der Waals surface area (Å²) < 4.78 is 2.21. The van der Waals surface area contributed by atoms with Crippen LogP contribution in [0.2, 0.25) is 5.02 Å². The van der Waals surface area contributed by atoms with E-state index in [1.807, 2.05) is 12.1 Å². The molecule has 76 valence electrons. The number of fused-ring (bicyclic) bond motifs is 3. The maximum atomic E-state index is 6.05. The summed E-state index contributed by atoms with van der Waals surface area (Å²) in [5.74, 6) is 0. The number of nitrogens with zero attached hydrogens (tertiary/aromatic N) is 1. The molecule has 0 atom stereocenters. The van der Waals surface area contributed by atoms with Crippen molar-refractivity contribution >= 4 is 38.8 Å². The number of benzene rings is 2. The van der Waals surface area contributed by atoms with Crippen molar-refractivity contribution in [3.05, 3.63) is 53.7 Å². The second kappa shape index (κ2) is 2.69. The van der Waals surface area contributed by atoms with Gasteiger partial charge in [-0.25, -0.2) is 0 Å². The van der Waals surface area contributed by atoms with Gasteiger partial charge in [-0.2, -0.15) is 0 Å². The van der Waals surface area contributed by atoms with Gasteiger partial charge in [0.2, 0.25) is 0 Å². The third kappa shape index (κ3) is 0.872. The minimum atomic E-state index is 0.786. The smallest absolute Gasteiger partial charge is 0.0607 e. The predicted octanol–water partition coefficient (Wildman–Crippen LogP) is 4.34. The van der Waals surface area contributed by atoms with Crippen LogP contribution in [0.15, 0.2) is 48.7 Å². The summed E-state index contributed by atoms with van der Waals surface area (Å²) in [6.45, 7) is 0. The lowest BCUT2D eigenvalue weighted by Crippen LogP contribution is -1.75. The molecule has 16 heavy (non-hydrogen) atoms. The van der Waals surface area contributed by atoms with Crippen LogP contribution in [0, 0.1) is 0 Å². The van der Waals surface area contributed by atoms with E-state index in [0.717, 1.165) is 5.02 Å². The van der Waals surface area contributed by atoms with Crippen molar-refractivity contribution in [2.45, 2.75) is 0 Å². The highest BCUT2D eigenvalue weighted by molar-refractivity contribution is 6.31. The molecular weight excluding hydrogens is 218 g/mol.